The Hall–Kier alpha value is -1.06. The lowest BCUT2D eigenvalue weighted by Gasteiger charge is -2.39. The molecule has 2 atom stereocenters. The predicted octanol–water partition coefficient (Wildman–Crippen LogP) is 3.03. The molecule has 2 N–H and O–H groups in total. The standard InChI is InChI=1S/C17H28N2O/c1-14-7-6-10-17(18,11-14)13-19(2)12-15-8-4-5-9-16(15)20-3/h4-5,8-9,14H,6-7,10-13,18H2,1-3H3. The molecule has 2 unspecified atom stereocenters. The van der Waals surface area contributed by atoms with Gasteiger partial charge >= 0.3 is 0 Å². The molecule has 1 fully saturated rings. The molecule has 3 heteroatoms. The van der Waals surface area contributed by atoms with E-state index in [0.29, 0.717) is 0 Å². The van der Waals surface area contributed by atoms with Crippen molar-refractivity contribution in [2.24, 2.45) is 11.7 Å². The van der Waals surface area contributed by atoms with Gasteiger partial charge in [0.15, 0.2) is 0 Å². The van der Waals surface area contributed by atoms with Crippen molar-refractivity contribution < 1.29 is 4.74 Å². The number of hydrogen-bond donors (Lipinski definition) is 1. The summed E-state index contributed by atoms with van der Waals surface area (Å²) in [6.45, 7) is 4.16. The first-order valence-electron chi connectivity index (χ1n) is 7.62. The molecule has 20 heavy (non-hydrogen) atoms. The van der Waals surface area contributed by atoms with Crippen LogP contribution < -0.4 is 10.5 Å². The maximum atomic E-state index is 6.60. The fourth-order valence-electron chi connectivity index (χ4n) is 3.56. The Bertz CT molecular complexity index is 435. The third kappa shape index (κ3) is 3.97. The molecule has 2 rings (SSSR count). The second-order valence-corrected chi connectivity index (χ2v) is 6.55. The molecule has 1 aromatic rings. The van der Waals surface area contributed by atoms with Crippen LogP contribution in [0.5, 0.6) is 5.75 Å². The Labute approximate surface area is 123 Å². The Morgan fingerprint density at radius 3 is 2.85 bits per heavy atom. The third-order valence-corrected chi connectivity index (χ3v) is 4.34. The van der Waals surface area contributed by atoms with Crippen molar-refractivity contribution in [3.05, 3.63) is 29.8 Å². The van der Waals surface area contributed by atoms with Gasteiger partial charge in [-0.15, -0.1) is 0 Å². The number of para-hydroxylation sites is 1. The zero-order valence-electron chi connectivity index (χ0n) is 13.1. The van der Waals surface area contributed by atoms with E-state index in [9.17, 15) is 0 Å². The lowest BCUT2D eigenvalue weighted by Crippen LogP contribution is -2.51. The lowest BCUT2D eigenvalue weighted by molar-refractivity contribution is 0.164. The fraction of sp³-hybridized carbons (Fsp3) is 0.647. The third-order valence-electron chi connectivity index (χ3n) is 4.34. The number of rotatable bonds is 5. The van der Waals surface area contributed by atoms with Crippen LogP contribution in [0.25, 0.3) is 0 Å². The molecule has 0 amide bonds. The van der Waals surface area contributed by atoms with Gasteiger partial charge in [-0.2, -0.15) is 0 Å². The Morgan fingerprint density at radius 2 is 2.15 bits per heavy atom. The van der Waals surface area contributed by atoms with Crippen LogP contribution in [0.3, 0.4) is 0 Å². The summed E-state index contributed by atoms with van der Waals surface area (Å²) >= 11 is 0. The summed E-state index contributed by atoms with van der Waals surface area (Å²) < 4.78 is 5.42. The molecule has 1 aliphatic rings. The molecule has 1 aliphatic carbocycles. The monoisotopic (exact) mass is 276 g/mol. The van der Waals surface area contributed by atoms with Crippen LogP contribution in [0, 0.1) is 5.92 Å². The molecule has 1 aromatic carbocycles. The first-order valence-corrected chi connectivity index (χ1v) is 7.62. The van der Waals surface area contributed by atoms with E-state index in [1.807, 2.05) is 12.1 Å². The highest BCUT2D eigenvalue weighted by atomic mass is 16.5. The molecule has 0 radical (unpaired) electrons. The summed E-state index contributed by atoms with van der Waals surface area (Å²) in [4.78, 5) is 2.33. The van der Waals surface area contributed by atoms with Crippen LogP contribution in [0.15, 0.2) is 24.3 Å². The first-order chi connectivity index (χ1) is 9.52. The van der Waals surface area contributed by atoms with E-state index in [-0.39, 0.29) is 5.54 Å². The van der Waals surface area contributed by atoms with Crippen molar-refractivity contribution in [1.82, 2.24) is 4.90 Å². The number of ether oxygens (including phenoxy) is 1. The summed E-state index contributed by atoms with van der Waals surface area (Å²) in [5, 5.41) is 0. The molecule has 0 aliphatic heterocycles. The van der Waals surface area contributed by atoms with Crippen molar-refractivity contribution in [3.63, 3.8) is 0 Å². The molecule has 0 heterocycles. The summed E-state index contributed by atoms with van der Waals surface area (Å²) in [5.74, 6) is 1.72. The normalized spacial score (nSPS) is 26.8. The van der Waals surface area contributed by atoms with Crippen LogP contribution in [0.1, 0.15) is 38.2 Å². The highest BCUT2D eigenvalue weighted by Crippen LogP contribution is 2.31. The van der Waals surface area contributed by atoms with E-state index in [4.69, 9.17) is 10.5 Å². The Morgan fingerprint density at radius 1 is 1.40 bits per heavy atom. The van der Waals surface area contributed by atoms with E-state index in [2.05, 4.69) is 31.0 Å². The summed E-state index contributed by atoms with van der Waals surface area (Å²) in [7, 11) is 3.88. The van der Waals surface area contributed by atoms with Gasteiger partial charge in [0, 0.05) is 24.2 Å². The van der Waals surface area contributed by atoms with Gasteiger partial charge in [-0.05, 0) is 31.9 Å². The van der Waals surface area contributed by atoms with Crippen LogP contribution in [-0.2, 0) is 6.54 Å². The van der Waals surface area contributed by atoms with Gasteiger partial charge in [-0.3, -0.25) is 0 Å². The van der Waals surface area contributed by atoms with Crippen molar-refractivity contribution in [2.75, 3.05) is 20.7 Å². The smallest absolute Gasteiger partial charge is 0.123 e. The Kier molecular flexibility index (Phi) is 5.06. The quantitative estimate of drug-likeness (QED) is 0.898. The molecular formula is C17H28N2O. The van der Waals surface area contributed by atoms with Gasteiger partial charge in [-0.25, -0.2) is 0 Å². The number of hydrogen-bond acceptors (Lipinski definition) is 3. The topological polar surface area (TPSA) is 38.5 Å². The first kappa shape index (κ1) is 15.3. The molecule has 0 aromatic heterocycles. The number of nitrogens with two attached hydrogens (primary N) is 1. The SMILES string of the molecule is COc1ccccc1CN(C)CC1(N)CCCC(C)C1. The van der Waals surface area contributed by atoms with Crippen molar-refractivity contribution >= 4 is 0 Å². The largest absolute Gasteiger partial charge is 0.496 e. The van der Waals surface area contributed by atoms with Gasteiger partial charge in [0.2, 0.25) is 0 Å². The predicted molar refractivity (Wildman–Crippen MR) is 83.9 cm³/mol. The van der Waals surface area contributed by atoms with E-state index >= 15 is 0 Å². The van der Waals surface area contributed by atoms with Crippen molar-refractivity contribution in [2.45, 2.75) is 44.7 Å². The average molecular weight is 276 g/mol. The highest BCUT2D eigenvalue weighted by Gasteiger charge is 2.32. The van der Waals surface area contributed by atoms with Crippen LogP contribution in [-0.4, -0.2) is 31.1 Å². The molecule has 0 saturated heterocycles. The van der Waals surface area contributed by atoms with E-state index in [0.717, 1.165) is 37.6 Å². The Balaban J connectivity index is 1.96. The van der Waals surface area contributed by atoms with Gasteiger partial charge in [0.1, 0.15) is 5.75 Å². The molecule has 0 bridgehead atoms. The minimum Gasteiger partial charge on any atom is -0.496 e. The maximum absolute atomic E-state index is 6.60. The minimum absolute atomic E-state index is 0.0194. The van der Waals surface area contributed by atoms with Gasteiger partial charge in [0.05, 0.1) is 7.11 Å². The zero-order chi connectivity index (χ0) is 14.6. The van der Waals surface area contributed by atoms with Gasteiger partial charge in [0.25, 0.3) is 0 Å². The van der Waals surface area contributed by atoms with Crippen LogP contribution in [0.2, 0.25) is 0 Å². The minimum atomic E-state index is -0.0194. The number of nitrogens with zero attached hydrogens (tertiary/aromatic N) is 1. The number of benzene rings is 1. The summed E-state index contributed by atoms with van der Waals surface area (Å²) in [5.41, 5.74) is 7.81. The zero-order valence-corrected chi connectivity index (χ0v) is 13.1. The number of methoxy groups -OCH3 is 1. The van der Waals surface area contributed by atoms with Crippen molar-refractivity contribution in [1.29, 1.82) is 0 Å². The molecular weight excluding hydrogens is 248 g/mol. The van der Waals surface area contributed by atoms with Crippen LogP contribution in [0.4, 0.5) is 0 Å². The molecule has 3 nitrogen and oxygen atoms in total. The van der Waals surface area contributed by atoms with E-state index in [1.54, 1.807) is 7.11 Å². The van der Waals surface area contributed by atoms with Gasteiger partial charge in [-0.1, -0.05) is 38.0 Å². The summed E-state index contributed by atoms with van der Waals surface area (Å²) in [6.07, 6.45) is 4.88. The molecule has 1 saturated carbocycles. The lowest BCUT2D eigenvalue weighted by atomic mass is 9.77. The molecule has 112 valence electrons. The van der Waals surface area contributed by atoms with Crippen LogP contribution >= 0.6 is 0 Å². The second kappa shape index (κ2) is 6.59. The molecule has 0 spiro atoms. The van der Waals surface area contributed by atoms with E-state index in [1.165, 1.54) is 18.4 Å². The average Bonchev–Trinajstić information content (AvgIpc) is 2.38. The maximum Gasteiger partial charge on any atom is 0.123 e. The van der Waals surface area contributed by atoms with Crippen molar-refractivity contribution in [3.8, 4) is 5.75 Å². The van der Waals surface area contributed by atoms with Gasteiger partial charge < -0.3 is 15.4 Å². The fourth-order valence-corrected chi connectivity index (χ4v) is 3.56. The second-order valence-electron chi connectivity index (χ2n) is 6.55. The number of likely N-dealkylation sites (N-methyl/N-ethyl adjacent to an activating group) is 1. The van der Waals surface area contributed by atoms with E-state index < -0.39 is 0 Å². The summed E-state index contributed by atoms with van der Waals surface area (Å²) in [6, 6.07) is 8.22. The highest BCUT2D eigenvalue weighted by molar-refractivity contribution is 5.33.